The minimum atomic E-state index is -0.0985. The van der Waals surface area contributed by atoms with Crippen molar-refractivity contribution >= 4 is 39.3 Å². The van der Waals surface area contributed by atoms with Crippen molar-refractivity contribution < 1.29 is 4.79 Å². The van der Waals surface area contributed by atoms with Gasteiger partial charge in [0.05, 0.1) is 10.5 Å². The van der Waals surface area contributed by atoms with Crippen LogP contribution in [0.3, 0.4) is 0 Å². The highest BCUT2D eigenvalue weighted by Gasteiger charge is 2.28. The van der Waals surface area contributed by atoms with Crippen molar-refractivity contribution in [3.05, 3.63) is 24.3 Å². The number of rotatable bonds is 2. The predicted octanol–water partition coefficient (Wildman–Crippen LogP) is 3.54. The fraction of sp³-hybridized carbons (Fsp3) is 0.462. The van der Waals surface area contributed by atoms with Gasteiger partial charge in [0.25, 0.3) is 0 Å². The first-order valence-corrected chi connectivity index (χ1v) is 7.68. The van der Waals surface area contributed by atoms with Crippen molar-refractivity contribution in [2.24, 2.45) is 5.92 Å². The third-order valence-electron chi connectivity index (χ3n) is 2.82. The Labute approximate surface area is 115 Å². The largest absolute Gasteiger partial charge is 0.309 e. The number of benzene rings is 1. The second-order valence-corrected chi connectivity index (χ2v) is 6.58. The summed E-state index contributed by atoms with van der Waals surface area (Å²) in [4.78, 5) is 15.4. The molecule has 0 saturated carbocycles. The Balaban J connectivity index is 2.27. The van der Waals surface area contributed by atoms with Crippen LogP contribution in [0.4, 0.5) is 5.69 Å². The molecule has 0 fully saturated rings. The van der Waals surface area contributed by atoms with Gasteiger partial charge in [0.1, 0.15) is 0 Å². The third-order valence-corrected chi connectivity index (χ3v) is 5.31. The molecule has 1 heterocycles. The summed E-state index contributed by atoms with van der Waals surface area (Å²) in [6.45, 7) is 4.92. The lowest BCUT2D eigenvalue weighted by atomic mass is 10.1. The molecule has 1 unspecified atom stereocenters. The van der Waals surface area contributed by atoms with Gasteiger partial charge in [-0.15, -0.1) is 11.8 Å². The van der Waals surface area contributed by atoms with Crippen LogP contribution in [0.1, 0.15) is 13.8 Å². The van der Waals surface area contributed by atoms with Gasteiger partial charge in [-0.25, -0.2) is 0 Å². The van der Waals surface area contributed by atoms with Gasteiger partial charge in [-0.05, 0) is 18.1 Å². The zero-order valence-corrected chi connectivity index (χ0v) is 12.4. The van der Waals surface area contributed by atoms with Crippen LogP contribution in [0.2, 0.25) is 0 Å². The lowest BCUT2D eigenvalue weighted by molar-refractivity contribution is -0.118. The highest BCUT2D eigenvalue weighted by atomic mass is 79.9. The molecule has 4 heteroatoms. The molecule has 0 bridgehead atoms. The maximum Gasteiger partial charge on any atom is 0.241 e. The number of carbonyl (C=O) groups excluding carboxylic acids is 1. The number of alkyl halides is 1. The number of carbonyl (C=O) groups is 1. The van der Waals surface area contributed by atoms with Crippen molar-refractivity contribution in [3.63, 3.8) is 0 Å². The van der Waals surface area contributed by atoms with Crippen molar-refractivity contribution in [2.75, 3.05) is 17.2 Å². The lowest BCUT2D eigenvalue weighted by Crippen LogP contribution is -2.41. The van der Waals surface area contributed by atoms with E-state index in [1.807, 2.05) is 34.9 Å². The van der Waals surface area contributed by atoms with Gasteiger partial charge in [0, 0.05) is 17.2 Å². The van der Waals surface area contributed by atoms with Gasteiger partial charge in [-0.3, -0.25) is 4.79 Å². The smallest absolute Gasteiger partial charge is 0.241 e. The molecule has 1 aliphatic rings. The molecule has 0 aromatic heterocycles. The van der Waals surface area contributed by atoms with Crippen molar-refractivity contribution in [2.45, 2.75) is 23.6 Å². The van der Waals surface area contributed by atoms with E-state index in [4.69, 9.17) is 0 Å². The van der Waals surface area contributed by atoms with Crippen molar-refractivity contribution in [1.82, 2.24) is 0 Å². The molecule has 2 nitrogen and oxygen atoms in total. The molecule has 0 spiro atoms. The first-order valence-electron chi connectivity index (χ1n) is 5.78. The van der Waals surface area contributed by atoms with Crippen LogP contribution in [0.15, 0.2) is 29.2 Å². The van der Waals surface area contributed by atoms with Crippen LogP contribution in [-0.2, 0) is 4.79 Å². The van der Waals surface area contributed by atoms with Crippen LogP contribution in [0.5, 0.6) is 0 Å². The Hall–Kier alpha value is -0.480. The number of thioether (sulfide) groups is 1. The number of fused-ring (bicyclic) bond motifs is 1. The standard InChI is InChI=1S/C13H16BrNOS/c1-9(2)12(14)13(16)15-7-8-17-11-6-4-3-5-10(11)15/h3-6,9,12H,7-8H2,1-2H3. The van der Waals surface area contributed by atoms with E-state index in [2.05, 4.69) is 35.8 Å². The minimum absolute atomic E-state index is 0.0985. The zero-order chi connectivity index (χ0) is 12.4. The van der Waals surface area contributed by atoms with E-state index in [9.17, 15) is 4.79 Å². The molecule has 1 atom stereocenters. The number of hydrogen-bond acceptors (Lipinski definition) is 2. The molecule has 0 saturated heterocycles. The summed E-state index contributed by atoms with van der Waals surface area (Å²) in [5, 5.41) is 0. The second-order valence-electron chi connectivity index (χ2n) is 4.45. The molecule has 0 aliphatic carbocycles. The van der Waals surface area contributed by atoms with Crippen LogP contribution >= 0.6 is 27.7 Å². The molecule has 0 N–H and O–H groups in total. The van der Waals surface area contributed by atoms with Crippen LogP contribution in [-0.4, -0.2) is 23.0 Å². The van der Waals surface area contributed by atoms with E-state index < -0.39 is 0 Å². The van der Waals surface area contributed by atoms with E-state index in [-0.39, 0.29) is 10.7 Å². The van der Waals surface area contributed by atoms with E-state index in [1.54, 1.807) is 0 Å². The van der Waals surface area contributed by atoms with Crippen molar-refractivity contribution in [3.8, 4) is 0 Å². The Kier molecular flexibility index (Phi) is 4.15. The number of para-hydroxylation sites is 1. The normalized spacial score (nSPS) is 16.8. The topological polar surface area (TPSA) is 20.3 Å². The lowest BCUT2D eigenvalue weighted by Gasteiger charge is -2.31. The summed E-state index contributed by atoms with van der Waals surface area (Å²) in [6.07, 6.45) is 0. The second kappa shape index (κ2) is 5.44. The molecule has 17 heavy (non-hydrogen) atoms. The van der Waals surface area contributed by atoms with Crippen molar-refractivity contribution in [1.29, 1.82) is 0 Å². The predicted molar refractivity (Wildman–Crippen MR) is 77.1 cm³/mol. The minimum Gasteiger partial charge on any atom is -0.309 e. The van der Waals surface area contributed by atoms with Crippen LogP contribution in [0, 0.1) is 5.92 Å². The number of hydrogen-bond donors (Lipinski definition) is 0. The first-order chi connectivity index (χ1) is 8.11. The Morgan fingerprint density at radius 2 is 2.12 bits per heavy atom. The van der Waals surface area contributed by atoms with Gasteiger partial charge in [0.2, 0.25) is 5.91 Å². The number of amides is 1. The highest BCUT2D eigenvalue weighted by Crippen LogP contribution is 2.35. The van der Waals surface area contributed by atoms with E-state index in [0.29, 0.717) is 5.92 Å². The number of nitrogens with zero attached hydrogens (tertiary/aromatic N) is 1. The molecule has 1 aliphatic heterocycles. The van der Waals surface area contributed by atoms with E-state index >= 15 is 0 Å². The Morgan fingerprint density at radius 1 is 1.41 bits per heavy atom. The highest BCUT2D eigenvalue weighted by molar-refractivity contribution is 9.10. The fourth-order valence-corrected chi connectivity index (χ4v) is 3.07. The molecule has 0 radical (unpaired) electrons. The van der Waals surface area contributed by atoms with Crippen LogP contribution in [0.25, 0.3) is 0 Å². The zero-order valence-electron chi connectivity index (χ0n) is 10.0. The number of anilines is 1. The summed E-state index contributed by atoms with van der Waals surface area (Å²) in [7, 11) is 0. The Morgan fingerprint density at radius 3 is 2.82 bits per heavy atom. The number of halogens is 1. The average Bonchev–Trinajstić information content (AvgIpc) is 2.36. The van der Waals surface area contributed by atoms with Gasteiger partial charge in [-0.2, -0.15) is 0 Å². The molecule has 1 amide bonds. The average molecular weight is 314 g/mol. The summed E-state index contributed by atoms with van der Waals surface area (Å²) < 4.78 is 0. The maximum absolute atomic E-state index is 12.4. The fourth-order valence-electron chi connectivity index (χ4n) is 1.83. The van der Waals surface area contributed by atoms with Gasteiger partial charge in [0.15, 0.2) is 0 Å². The van der Waals surface area contributed by atoms with Gasteiger partial charge >= 0.3 is 0 Å². The quantitative estimate of drug-likeness (QED) is 0.778. The third kappa shape index (κ3) is 2.68. The maximum atomic E-state index is 12.4. The monoisotopic (exact) mass is 313 g/mol. The van der Waals surface area contributed by atoms with Crippen LogP contribution < -0.4 is 4.90 Å². The molecular weight excluding hydrogens is 298 g/mol. The summed E-state index contributed by atoms with van der Waals surface area (Å²) >= 11 is 5.32. The first kappa shape index (κ1) is 13.0. The van der Waals surface area contributed by atoms with E-state index in [0.717, 1.165) is 18.0 Å². The molecule has 1 aromatic carbocycles. The van der Waals surface area contributed by atoms with E-state index in [1.165, 1.54) is 4.90 Å². The summed E-state index contributed by atoms with van der Waals surface area (Å²) in [6, 6.07) is 8.12. The molecule has 92 valence electrons. The molecule has 1 aromatic rings. The van der Waals surface area contributed by atoms with Gasteiger partial charge in [-0.1, -0.05) is 41.9 Å². The molecular formula is C13H16BrNOS. The summed E-state index contributed by atoms with van der Waals surface area (Å²) in [5.41, 5.74) is 1.05. The molecule has 2 rings (SSSR count). The van der Waals surface area contributed by atoms with Gasteiger partial charge < -0.3 is 4.90 Å². The summed E-state index contributed by atoms with van der Waals surface area (Å²) in [5.74, 6) is 1.46. The Bertz CT molecular complexity index is 422. The SMILES string of the molecule is CC(C)C(Br)C(=O)N1CCSc2ccccc21.